The first-order valence-corrected chi connectivity index (χ1v) is 10.8. The molecule has 4 rings (SSSR count). The first-order chi connectivity index (χ1) is 12.9. The van der Waals surface area contributed by atoms with Gasteiger partial charge < -0.3 is 4.57 Å². The van der Waals surface area contributed by atoms with Crippen molar-refractivity contribution in [2.45, 2.75) is 30.3 Å². The number of halogens is 1. The van der Waals surface area contributed by atoms with Crippen LogP contribution in [-0.2, 0) is 23.7 Å². The summed E-state index contributed by atoms with van der Waals surface area (Å²) in [5.41, 5.74) is 0. The Bertz CT molecular complexity index is 1000. The lowest BCUT2D eigenvalue weighted by atomic mass is 10.4. The van der Waals surface area contributed by atoms with Crippen LogP contribution in [0, 0.1) is 10.6 Å². The molecule has 1 aromatic carbocycles. The quantitative estimate of drug-likeness (QED) is 0.704. The smallest absolute Gasteiger partial charge is 0.243 e. The molecule has 0 spiro atoms. The van der Waals surface area contributed by atoms with Gasteiger partial charge in [-0.05, 0) is 43.3 Å². The van der Waals surface area contributed by atoms with Crippen molar-refractivity contribution in [2.24, 2.45) is 7.05 Å². The summed E-state index contributed by atoms with van der Waals surface area (Å²) in [5.74, 6) is 1.00. The molecule has 0 N–H and O–H groups in total. The molecule has 0 radical (unpaired) electrons. The molecule has 1 aromatic heterocycles. The third-order valence-corrected chi connectivity index (χ3v) is 7.50. The minimum Gasteiger partial charge on any atom is -0.307 e. The average molecular weight is 412 g/mol. The van der Waals surface area contributed by atoms with Gasteiger partial charge in [0, 0.05) is 39.1 Å². The monoisotopic (exact) mass is 411 g/mol. The molecule has 2 heterocycles. The molecular weight excluding hydrogens is 389 g/mol. The Hall–Kier alpha value is -1.62. The van der Waals surface area contributed by atoms with Gasteiger partial charge >= 0.3 is 0 Å². The van der Waals surface area contributed by atoms with Crippen LogP contribution >= 0.6 is 12.2 Å². The highest BCUT2D eigenvalue weighted by Crippen LogP contribution is 2.38. The molecule has 2 aliphatic rings. The Kier molecular flexibility index (Phi) is 4.91. The maximum Gasteiger partial charge on any atom is 0.243 e. The fourth-order valence-corrected chi connectivity index (χ4v) is 5.02. The van der Waals surface area contributed by atoms with Crippen molar-refractivity contribution >= 4 is 22.2 Å². The van der Waals surface area contributed by atoms with Gasteiger partial charge in [0.05, 0.1) is 11.6 Å². The Labute approximate surface area is 163 Å². The summed E-state index contributed by atoms with van der Waals surface area (Å²) in [6.07, 6.45) is 2.33. The molecule has 1 aliphatic carbocycles. The number of hydrogen-bond acceptors (Lipinski definition) is 5. The van der Waals surface area contributed by atoms with E-state index in [-0.39, 0.29) is 4.90 Å². The van der Waals surface area contributed by atoms with E-state index in [4.69, 9.17) is 12.2 Å². The topological polar surface area (TPSA) is 63.4 Å². The molecule has 2 fully saturated rings. The number of benzene rings is 1. The van der Waals surface area contributed by atoms with E-state index in [0.717, 1.165) is 24.7 Å². The fraction of sp³-hybridized carbons (Fsp3) is 0.529. The number of rotatable bonds is 5. The third kappa shape index (κ3) is 3.71. The minimum atomic E-state index is -3.68. The van der Waals surface area contributed by atoms with Crippen molar-refractivity contribution in [1.82, 2.24) is 23.6 Å². The highest BCUT2D eigenvalue weighted by Gasteiger charge is 2.31. The second kappa shape index (κ2) is 7.08. The zero-order valence-corrected chi connectivity index (χ0v) is 16.7. The summed E-state index contributed by atoms with van der Waals surface area (Å²) >= 11 is 5.48. The molecule has 2 aromatic rings. The van der Waals surface area contributed by atoms with E-state index in [1.165, 1.54) is 22.5 Å². The Balaban J connectivity index is 1.42. The molecule has 1 saturated carbocycles. The van der Waals surface area contributed by atoms with Gasteiger partial charge in [0.1, 0.15) is 11.6 Å². The lowest BCUT2D eigenvalue weighted by Gasteiger charge is -2.33. The van der Waals surface area contributed by atoms with Crippen LogP contribution in [0.25, 0.3) is 0 Å². The Morgan fingerprint density at radius 1 is 1.22 bits per heavy atom. The standard InChI is InChI=1S/C17H22FN5O2S2/c1-20-16(13-5-6-13)19-23(17(20)26)12-21-7-9-22(10-8-21)27(24,25)15-4-2-3-14(18)11-15/h2-4,11,13H,5-10,12H2,1H3. The van der Waals surface area contributed by atoms with E-state index in [1.807, 2.05) is 16.3 Å². The first-order valence-electron chi connectivity index (χ1n) is 8.98. The van der Waals surface area contributed by atoms with Crippen molar-refractivity contribution in [3.63, 3.8) is 0 Å². The predicted octanol–water partition coefficient (Wildman–Crippen LogP) is 1.93. The van der Waals surface area contributed by atoms with Crippen LogP contribution in [0.15, 0.2) is 29.2 Å². The first kappa shape index (κ1) is 18.7. The molecule has 1 aliphatic heterocycles. The van der Waals surface area contributed by atoms with Crippen LogP contribution in [0.4, 0.5) is 4.39 Å². The number of sulfonamides is 1. The van der Waals surface area contributed by atoms with Gasteiger partial charge in [0.25, 0.3) is 0 Å². The van der Waals surface area contributed by atoms with E-state index >= 15 is 0 Å². The van der Waals surface area contributed by atoms with Gasteiger partial charge in [-0.3, -0.25) is 4.90 Å². The summed E-state index contributed by atoms with van der Waals surface area (Å²) in [6, 6.07) is 5.15. The Morgan fingerprint density at radius 3 is 2.56 bits per heavy atom. The molecular formula is C17H22FN5O2S2. The maximum absolute atomic E-state index is 13.4. The summed E-state index contributed by atoms with van der Waals surface area (Å²) in [4.78, 5) is 2.13. The Morgan fingerprint density at radius 2 is 1.93 bits per heavy atom. The molecule has 10 heteroatoms. The van der Waals surface area contributed by atoms with Crippen molar-refractivity contribution in [3.8, 4) is 0 Å². The highest BCUT2D eigenvalue weighted by atomic mass is 32.2. The van der Waals surface area contributed by atoms with E-state index < -0.39 is 15.8 Å². The summed E-state index contributed by atoms with van der Waals surface area (Å²) < 4.78 is 44.7. The van der Waals surface area contributed by atoms with Gasteiger partial charge in [-0.1, -0.05) is 6.07 Å². The van der Waals surface area contributed by atoms with Crippen molar-refractivity contribution in [3.05, 3.63) is 40.7 Å². The van der Waals surface area contributed by atoms with Crippen LogP contribution in [0.3, 0.4) is 0 Å². The molecule has 7 nitrogen and oxygen atoms in total. The molecule has 0 bridgehead atoms. The highest BCUT2D eigenvalue weighted by molar-refractivity contribution is 7.89. The SMILES string of the molecule is Cn1c(C2CC2)nn(CN2CCN(S(=O)(=O)c3cccc(F)c3)CC2)c1=S. The van der Waals surface area contributed by atoms with E-state index in [0.29, 0.717) is 43.5 Å². The zero-order chi connectivity index (χ0) is 19.2. The van der Waals surface area contributed by atoms with Crippen molar-refractivity contribution in [1.29, 1.82) is 0 Å². The van der Waals surface area contributed by atoms with Crippen LogP contribution in [-0.4, -0.2) is 58.1 Å². The second-order valence-corrected chi connectivity index (χ2v) is 9.40. The van der Waals surface area contributed by atoms with Gasteiger partial charge in [-0.15, -0.1) is 0 Å². The number of hydrogen-bond donors (Lipinski definition) is 0. The van der Waals surface area contributed by atoms with E-state index in [2.05, 4.69) is 10.00 Å². The second-order valence-electron chi connectivity index (χ2n) is 7.09. The number of aromatic nitrogens is 3. The third-order valence-electron chi connectivity index (χ3n) is 5.12. The fourth-order valence-electron chi connectivity index (χ4n) is 3.37. The molecule has 146 valence electrons. The van der Waals surface area contributed by atoms with Crippen LogP contribution in [0.5, 0.6) is 0 Å². The largest absolute Gasteiger partial charge is 0.307 e. The van der Waals surface area contributed by atoms with Crippen LogP contribution in [0.2, 0.25) is 0 Å². The lowest BCUT2D eigenvalue weighted by molar-refractivity contribution is 0.144. The van der Waals surface area contributed by atoms with Gasteiger partial charge in [0.15, 0.2) is 4.77 Å². The van der Waals surface area contributed by atoms with E-state index in [1.54, 1.807) is 0 Å². The van der Waals surface area contributed by atoms with Crippen molar-refractivity contribution in [2.75, 3.05) is 26.2 Å². The van der Waals surface area contributed by atoms with E-state index in [9.17, 15) is 12.8 Å². The maximum atomic E-state index is 13.4. The minimum absolute atomic E-state index is 0.00280. The zero-order valence-electron chi connectivity index (χ0n) is 15.1. The lowest BCUT2D eigenvalue weighted by Crippen LogP contribution is -2.48. The molecule has 1 saturated heterocycles. The normalized spacial score (nSPS) is 19.5. The van der Waals surface area contributed by atoms with Gasteiger partial charge in [0.2, 0.25) is 10.0 Å². The summed E-state index contributed by atoms with van der Waals surface area (Å²) in [6.45, 7) is 2.41. The number of nitrogens with zero attached hydrogens (tertiary/aromatic N) is 5. The molecule has 0 amide bonds. The number of piperazine rings is 1. The molecule has 0 atom stereocenters. The predicted molar refractivity (Wildman–Crippen MR) is 101 cm³/mol. The summed E-state index contributed by atoms with van der Waals surface area (Å²) in [5, 5.41) is 4.65. The van der Waals surface area contributed by atoms with Crippen LogP contribution < -0.4 is 0 Å². The molecule has 0 unspecified atom stereocenters. The van der Waals surface area contributed by atoms with Crippen molar-refractivity contribution < 1.29 is 12.8 Å². The summed E-state index contributed by atoms with van der Waals surface area (Å²) in [7, 11) is -1.73. The van der Waals surface area contributed by atoms with Gasteiger partial charge in [-0.2, -0.15) is 9.40 Å². The molecule has 27 heavy (non-hydrogen) atoms. The average Bonchev–Trinajstić information content (AvgIpc) is 3.45. The van der Waals surface area contributed by atoms with Gasteiger partial charge in [-0.25, -0.2) is 17.5 Å². The van der Waals surface area contributed by atoms with Crippen LogP contribution in [0.1, 0.15) is 24.6 Å².